The van der Waals surface area contributed by atoms with Crippen LogP contribution in [0.1, 0.15) is 19.3 Å². The van der Waals surface area contributed by atoms with Crippen molar-refractivity contribution in [3.8, 4) is 5.75 Å². The molecule has 0 aromatic heterocycles. The molecule has 1 heterocycles. The van der Waals surface area contributed by atoms with Gasteiger partial charge in [0.1, 0.15) is 12.4 Å². The predicted molar refractivity (Wildman–Crippen MR) is 88.8 cm³/mol. The van der Waals surface area contributed by atoms with E-state index in [1.165, 1.54) is 6.42 Å². The smallest absolute Gasteiger partial charge is 0.315 e. The molecule has 2 rings (SSSR count). The number of hydrogen-bond donors (Lipinski definition) is 2. The van der Waals surface area contributed by atoms with Gasteiger partial charge >= 0.3 is 6.03 Å². The third-order valence-corrected chi connectivity index (χ3v) is 3.83. The molecule has 1 aliphatic heterocycles. The molecule has 0 radical (unpaired) electrons. The van der Waals surface area contributed by atoms with Gasteiger partial charge in [-0.25, -0.2) is 4.79 Å². The van der Waals surface area contributed by atoms with Gasteiger partial charge in [0.25, 0.3) is 0 Å². The Kier molecular flexibility index (Phi) is 7.00. The third kappa shape index (κ3) is 6.36. The predicted octanol–water partition coefficient (Wildman–Crippen LogP) is 2.03. The fourth-order valence-electron chi connectivity index (χ4n) is 2.34. The van der Waals surface area contributed by atoms with Gasteiger partial charge in [-0.1, -0.05) is 11.6 Å². The molecule has 3 amide bonds. The number of nitrogens with one attached hydrogen (secondary N) is 2. The molecule has 1 aromatic rings. The quantitative estimate of drug-likeness (QED) is 0.779. The molecule has 1 aromatic carbocycles. The first-order valence-electron chi connectivity index (χ1n) is 7.83. The lowest BCUT2D eigenvalue weighted by Gasteiger charge is -2.26. The van der Waals surface area contributed by atoms with Crippen LogP contribution in [0, 0.1) is 0 Å². The van der Waals surface area contributed by atoms with Gasteiger partial charge in [-0.05, 0) is 43.5 Å². The van der Waals surface area contributed by atoms with Gasteiger partial charge in [-0.15, -0.1) is 0 Å². The van der Waals surface area contributed by atoms with Crippen molar-refractivity contribution in [1.29, 1.82) is 0 Å². The second-order valence-corrected chi connectivity index (χ2v) is 5.79. The fourth-order valence-corrected chi connectivity index (χ4v) is 2.46. The highest BCUT2D eigenvalue weighted by molar-refractivity contribution is 6.30. The lowest BCUT2D eigenvalue weighted by Crippen LogP contribution is -2.45. The van der Waals surface area contributed by atoms with E-state index in [0.717, 1.165) is 25.9 Å². The number of carbonyl (C=O) groups excluding carboxylic acids is 2. The molecule has 126 valence electrons. The average molecular weight is 340 g/mol. The van der Waals surface area contributed by atoms with Gasteiger partial charge in [-0.2, -0.15) is 0 Å². The van der Waals surface area contributed by atoms with Crippen LogP contribution in [-0.4, -0.2) is 49.6 Å². The summed E-state index contributed by atoms with van der Waals surface area (Å²) < 4.78 is 5.46. The summed E-state index contributed by atoms with van der Waals surface area (Å²) in [6.07, 6.45) is 3.26. The molecule has 1 aliphatic rings. The molecule has 7 heteroatoms. The molecule has 6 nitrogen and oxygen atoms in total. The van der Waals surface area contributed by atoms with Crippen LogP contribution in [0.15, 0.2) is 24.3 Å². The molecule has 0 atom stereocenters. The summed E-state index contributed by atoms with van der Waals surface area (Å²) in [5, 5.41) is 5.87. The Morgan fingerprint density at radius 1 is 1.09 bits per heavy atom. The lowest BCUT2D eigenvalue weighted by molar-refractivity contribution is -0.130. The summed E-state index contributed by atoms with van der Waals surface area (Å²) in [6.45, 7) is 2.31. The summed E-state index contributed by atoms with van der Waals surface area (Å²) in [6, 6.07) is 6.64. The van der Waals surface area contributed by atoms with Crippen LogP contribution >= 0.6 is 11.6 Å². The third-order valence-electron chi connectivity index (χ3n) is 3.58. The van der Waals surface area contributed by atoms with Crippen LogP contribution in [0.5, 0.6) is 5.75 Å². The van der Waals surface area contributed by atoms with Gasteiger partial charge < -0.3 is 20.3 Å². The SMILES string of the molecule is O=C(NCCOc1ccc(Cl)cc1)NCC(=O)N1CCCCC1. The number of carbonyl (C=O) groups is 2. The van der Waals surface area contributed by atoms with Gasteiger partial charge in [-0.3, -0.25) is 4.79 Å². The first-order valence-corrected chi connectivity index (χ1v) is 8.21. The highest BCUT2D eigenvalue weighted by Crippen LogP contribution is 2.15. The molecule has 23 heavy (non-hydrogen) atoms. The summed E-state index contributed by atoms with van der Waals surface area (Å²) in [4.78, 5) is 25.3. The molecule has 0 unspecified atom stereocenters. The number of halogens is 1. The topological polar surface area (TPSA) is 70.7 Å². The van der Waals surface area contributed by atoms with Crippen molar-refractivity contribution in [3.05, 3.63) is 29.3 Å². The maximum Gasteiger partial charge on any atom is 0.315 e. The van der Waals surface area contributed by atoms with Crippen molar-refractivity contribution in [2.75, 3.05) is 32.8 Å². The van der Waals surface area contributed by atoms with Crippen LogP contribution < -0.4 is 15.4 Å². The summed E-state index contributed by atoms with van der Waals surface area (Å²) >= 11 is 5.78. The van der Waals surface area contributed by atoms with Crippen molar-refractivity contribution in [1.82, 2.24) is 15.5 Å². The second-order valence-electron chi connectivity index (χ2n) is 5.35. The molecule has 0 spiro atoms. The Labute approximate surface area is 141 Å². The number of benzene rings is 1. The number of rotatable bonds is 6. The Morgan fingerprint density at radius 2 is 1.78 bits per heavy atom. The van der Waals surface area contributed by atoms with Gasteiger partial charge in [0, 0.05) is 18.1 Å². The van der Waals surface area contributed by atoms with E-state index in [4.69, 9.17) is 16.3 Å². The van der Waals surface area contributed by atoms with Crippen LogP contribution in [-0.2, 0) is 4.79 Å². The average Bonchev–Trinajstić information content (AvgIpc) is 2.59. The monoisotopic (exact) mass is 339 g/mol. The lowest BCUT2D eigenvalue weighted by atomic mass is 10.1. The summed E-state index contributed by atoms with van der Waals surface area (Å²) in [5.74, 6) is 0.661. The molecule has 0 bridgehead atoms. The van der Waals surface area contributed by atoms with Crippen molar-refractivity contribution < 1.29 is 14.3 Å². The number of amides is 3. The summed E-state index contributed by atoms with van der Waals surface area (Å²) in [7, 11) is 0. The highest BCUT2D eigenvalue weighted by atomic mass is 35.5. The van der Waals surface area contributed by atoms with E-state index in [1.54, 1.807) is 29.2 Å². The Balaban J connectivity index is 1.56. The van der Waals surface area contributed by atoms with E-state index in [1.807, 2.05) is 0 Å². The van der Waals surface area contributed by atoms with Crippen LogP contribution in [0.25, 0.3) is 0 Å². The van der Waals surface area contributed by atoms with E-state index in [9.17, 15) is 9.59 Å². The largest absolute Gasteiger partial charge is 0.492 e. The highest BCUT2D eigenvalue weighted by Gasteiger charge is 2.16. The fraction of sp³-hybridized carbons (Fsp3) is 0.500. The zero-order valence-corrected chi connectivity index (χ0v) is 13.8. The minimum atomic E-state index is -0.366. The first kappa shape index (κ1) is 17.4. The summed E-state index contributed by atoms with van der Waals surface area (Å²) in [5.41, 5.74) is 0. The normalized spacial score (nSPS) is 14.2. The van der Waals surface area contributed by atoms with E-state index in [0.29, 0.717) is 23.9 Å². The van der Waals surface area contributed by atoms with Gasteiger partial charge in [0.05, 0.1) is 13.1 Å². The molecule has 1 fully saturated rings. The number of nitrogens with zero attached hydrogens (tertiary/aromatic N) is 1. The molecular weight excluding hydrogens is 318 g/mol. The molecule has 0 aliphatic carbocycles. The van der Waals surface area contributed by atoms with E-state index >= 15 is 0 Å². The maximum absolute atomic E-state index is 11.9. The van der Waals surface area contributed by atoms with E-state index in [-0.39, 0.29) is 18.5 Å². The van der Waals surface area contributed by atoms with Gasteiger partial charge in [0.2, 0.25) is 5.91 Å². The minimum Gasteiger partial charge on any atom is -0.492 e. The number of urea groups is 1. The van der Waals surface area contributed by atoms with Crippen molar-refractivity contribution in [2.45, 2.75) is 19.3 Å². The van der Waals surface area contributed by atoms with Crippen LogP contribution in [0.4, 0.5) is 4.79 Å². The van der Waals surface area contributed by atoms with Crippen molar-refractivity contribution in [2.24, 2.45) is 0 Å². The molecule has 2 N–H and O–H groups in total. The van der Waals surface area contributed by atoms with Crippen LogP contribution in [0.3, 0.4) is 0 Å². The number of ether oxygens (including phenoxy) is 1. The van der Waals surface area contributed by atoms with Crippen LogP contribution in [0.2, 0.25) is 5.02 Å². The zero-order chi connectivity index (χ0) is 16.5. The van der Waals surface area contributed by atoms with Gasteiger partial charge in [0.15, 0.2) is 0 Å². The molecule has 1 saturated heterocycles. The van der Waals surface area contributed by atoms with E-state index < -0.39 is 0 Å². The van der Waals surface area contributed by atoms with E-state index in [2.05, 4.69) is 10.6 Å². The zero-order valence-electron chi connectivity index (χ0n) is 13.0. The Morgan fingerprint density at radius 3 is 2.48 bits per heavy atom. The molecule has 0 saturated carbocycles. The Hall–Kier alpha value is -1.95. The number of piperidine rings is 1. The minimum absolute atomic E-state index is 0.0303. The maximum atomic E-state index is 11.9. The van der Waals surface area contributed by atoms with Crippen molar-refractivity contribution >= 4 is 23.5 Å². The standard InChI is InChI=1S/C16H22ClN3O3/c17-13-4-6-14(7-5-13)23-11-8-18-16(22)19-12-15(21)20-9-2-1-3-10-20/h4-7H,1-3,8-12H2,(H2,18,19,22). The molecular formula is C16H22ClN3O3. The number of likely N-dealkylation sites (tertiary alicyclic amines) is 1. The Bertz CT molecular complexity index is 516. The van der Waals surface area contributed by atoms with Crippen molar-refractivity contribution in [3.63, 3.8) is 0 Å². The second kappa shape index (κ2) is 9.25. The number of hydrogen-bond acceptors (Lipinski definition) is 3. The first-order chi connectivity index (χ1) is 11.1.